The first-order valence-electron chi connectivity index (χ1n) is 4.43. The van der Waals surface area contributed by atoms with Crippen molar-refractivity contribution in [1.29, 1.82) is 0 Å². The van der Waals surface area contributed by atoms with Crippen LogP contribution in [0.2, 0.25) is 0 Å². The van der Waals surface area contributed by atoms with Gasteiger partial charge in [-0.05, 0) is 29.7 Å². The number of hydrogen-bond donors (Lipinski definition) is 0. The summed E-state index contributed by atoms with van der Waals surface area (Å²) in [5.41, 5.74) is 3.13. The largest absolute Gasteiger partial charge is 0.157 e. The fraction of sp³-hybridized carbons (Fsp3) is 0.455. The molecular formula is C11H14S. The van der Waals surface area contributed by atoms with Crippen molar-refractivity contribution in [2.24, 2.45) is 5.92 Å². The zero-order chi connectivity index (χ0) is 8.55. The summed E-state index contributed by atoms with van der Waals surface area (Å²) in [6, 6.07) is 8.84. The molecule has 64 valence electrons. The normalized spacial score (nSPS) is 27.2. The predicted octanol–water partition coefficient (Wildman–Crippen LogP) is 3.28. The maximum absolute atomic E-state index is 2.35. The lowest BCUT2D eigenvalue weighted by atomic mass is 10.1. The number of rotatable bonds is 1. The molecule has 0 aliphatic heterocycles. The van der Waals surface area contributed by atoms with E-state index in [1.165, 1.54) is 6.42 Å². The van der Waals surface area contributed by atoms with E-state index in [0.29, 0.717) is 0 Å². The zero-order valence-electron chi connectivity index (χ0n) is 7.58. The molecule has 0 spiro atoms. The molecule has 2 unspecified atom stereocenters. The second-order valence-corrected chi connectivity index (χ2v) is 4.52. The van der Waals surface area contributed by atoms with Crippen LogP contribution in [0.4, 0.5) is 0 Å². The Hall–Kier alpha value is -0.430. The Labute approximate surface area is 78.4 Å². The van der Waals surface area contributed by atoms with Gasteiger partial charge in [-0.15, -0.1) is 0 Å². The minimum absolute atomic E-state index is 0.737. The summed E-state index contributed by atoms with van der Waals surface area (Å²) in [4.78, 5) is 0. The van der Waals surface area contributed by atoms with Gasteiger partial charge in [-0.3, -0.25) is 0 Å². The molecule has 12 heavy (non-hydrogen) atoms. The van der Waals surface area contributed by atoms with Crippen LogP contribution in [0.25, 0.3) is 0 Å². The lowest BCUT2D eigenvalue weighted by molar-refractivity contribution is 0.616. The molecule has 0 amide bonds. The smallest absolute Gasteiger partial charge is 0.0325 e. The molecule has 2 rings (SSSR count). The minimum Gasteiger partial charge on any atom is -0.157 e. The van der Waals surface area contributed by atoms with Gasteiger partial charge in [0.1, 0.15) is 0 Å². The molecule has 0 heterocycles. The predicted molar refractivity (Wildman–Crippen MR) is 55.6 cm³/mol. The first kappa shape index (κ1) is 8.18. The summed E-state index contributed by atoms with van der Waals surface area (Å²) < 4.78 is 0. The van der Waals surface area contributed by atoms with Crippen LogP contribution < -0.4 is 0 Å². The summed E-state index contributed by atoms with van der Waals surface area (Å²) in [6.45, 7) is 2.35. The van der Waals surface area contributed by atoms with Crippen molar-refractivity contribution in [3.05, 3.63) is 35.4 Å². The van der Waals surface area contributed by atoms with E-state index in [-0.39, 0.29) is 0 Å². The second-order valence-electron chi connectivity index (χ2n) is 3.54. The minimum atomic E-state index is 0.737. The van der Waals surface area contributed by atoms with Crippen molar-refractivity contribution in [2.75, 3.05) is 6.26 Å². The van der Waals surface area contributed by atoms with E-state index in [9.17, 15) is 0 Å². The van der Waals surface area contributed by atoms with E-state index in [1.54, 1.807) is 11.1 Å². The number of benzene rings is 1. The molecule has 1 aromatic carbocycles. The lowest BCUT2D eigenvalue weighted by Crippen LogP contribution is -1.97. The standard InChI is InChI=1S/C11H14S/c1-8-7-9-5-3-4-6-10(9)11(8)12-2/h3-6,8,11H,7H2,1-2H3. The molecule has 1 aliphatic carbocycles. The van der Waals surface area contributed by atoms with Gasteiger partial charge in [0.05, 0.1) is 0 Å². The van der Waals surface area contributed by atoms with E-state index < -0.39 is 0 Å². The third-order valence-electron chi connectivity index (χ3n) is 2.67. The summed E-state index contributed by atoms with van der Waals surface area (Å²) in [5, 5.41) is 0.737. The number of thioether (sulfide) groups is 1. The first-order valence-corrected chi connectivity index (χ1v) is 5.72. The Morgan fingerprint density at radius 1 is 1.33 bits per heavy atom. The van der Waals surface area contributed by atoms with Crippen LogP contribution in [0.1, 0.15) is 23.3 Å². The van der Waals surface area contributed by atoms with Crippen LogP contribution in [0.15, 0.2) is 24.3 Å². The molecule has 1 aliphatic rings. The Morgan fingerprint density at radius 2 is 2.08 bits per heavy atom. The zero-order valence-corrected chi connectivity index (χ0v) is 8.40. The molecule has 1 heteroatoms. The second kappa shape index (κ2) is 3.14. The highest BCUT2D eigenvalue weighted by Gasteiger charge is 2.27. The van der Waals surface area contributed by atoms with Crippen LogP contribution >= 0.6 is 11.8 Å². The maximum atomic E-state index is 2.35. The highest BCUT2D eigenvalue weighted by molar-refractivity contribution is 7.98. The van der Waals surface area contributed by atoms with Gasteiger partial charge in [0.15, 0.2) is 0 Å². The van der Waals surface area contributed by atoms with Gasteiger partial charge in [0.2, 0.25) is 0 Å². The van der Waals surface area contributed by atoms with E-state index in [0.717, 1.165) is 11.2 Å². The first-order chi connectivity index (χ1) is 5.83. The van der Waals surface area contributed by atoms with Gasteiger partial charge in [-0.25, -0.2) is 0 Å². The molecule has 0 N–H and O–H groups in total. The molecule has 2 atom stereocenters. The quantitative estimate of drug-likeness (QED) is 0.636. The Kier molecular flexibility index (Phi) is 2.14. The van der Waals surface area contributed by atoms with Gasteiger partial charge < -0.3 is 0 Å². The fourth-order valence-corrected chi connectivity index (χ4v) is 3.16. The van der Waals surface area contributed by atoms with Crippen LogP contribution in [-0.4, -0.2) is 6.26 Å². The fourth-order valence-electron chi connectivity index (χ4n) is 2.12. The van der Waals surface area contributed by atoms with Crippen molar-refractivity contribution in [1.82, 2.24) is 0 Å². The molecule has 0 radical (unpaired) electrons. The topological polar surface area (TPSA) is 0 Å². The summed E-state index contributed by atoms with van der Waals surface area (Å²) in [6.07, 6.45) is 3.48. The third kappa shape index (κ3) is 1.16. The van der Waals surface area contributed by atoms with Crippen LogP contribution in [0, 0.1) is 5.92 Å². The lowest BCUT2D eigenvalue weighted by Gasteiger charge is -2.12. The van der Waals surface area contributed by atoms with Crippen LogP contribution in [0.5, 0.6) is 0 Å². The van der Waals surface area contributed by atoms with Gasteiger partial charge in [-0.1, -0.05) is 31.2 Å². The Balaban J connectivity index is 2.40. The van der Waals surface area contributed by atoms with Gasteiger partial charge in [0.25, 0.3) is 0 Å². The molecule has 0 saturated carbocycles. The maximum Gasteiger partial charge on any atom is 0.0325 e. The van der Waals surface area contributed by atoms with Gasteiger partial charge in [0, 0.05) is 5.25 Å². The van der Waals surface area contributed by atoms with E-state index in [2.05, 4.69) is 37.4 Å². The molecule has 0 fully saturated rings. The summed E-state index contributed by atoms with van der Waals surface area (Å²) >= 11 is 1.98. The van der Waals surface area contributed by atoms with Gasteiger partial charge >= 0.3 is 0 Å². The molecular weight excluding hydrogens is 164 g/mol. The molecule has 0 aromatic heterocycles. The van der Waals surface area contributed by atoms with E-state index in [1.807, 2.05) is 11.8 Å². The molecule has 0 bridgehead atoms. The molecule has 0 saturated heterocycles. The average Bonchev–Trinajstić information content (AvgIpc) is 2.40. The van der Waals surface area contributed by atoms with Crippen LogP contribution in [0.3, 0.4) is 0 Å². The van der Waals surface area contributed by atoms with Gasteiger partial charge in [-0.2, -0.15) is 11.8 Å². The third-order valence-corrected chi connectivity index (χ3v) is 3.90. The highest BCUT2D eigenvalue weighted by atomic mass is 32.2. The van der Waals surface area contributed by atoms with Crippen molar-refractivity contribution < 1.29 is 0 Å². The Morgan fingerprint density at radius 3 is 2.83 bits per heavy atom. The van der Waals surface area contributed by atoms with E-state index >= 15 is 0 Å². The van der Waals surface area contributed by atoms with E-state index in [4.69, 9.17) is 0 Å². The van der Waals surface area contributed by atoms with Crippen LogP contribution in [-0.2, 0) is 6.42 Å². The Bertz CT molecular complexity index is 280. The number of fused-ring (bicyclic) bond motifs is 1. The van der Waals surface area contributed by atoms with Crippen molar-refractivity contribution >= 4 is 11.8 Å². The van der Waals surface area contributed by atoms with Crippen molar-refractivity contribution in [3.8, 4) is 0 Å². The molecule has 0 nitrogen and oxygen atoms in total. The SMILES string of the molecule is CSC1c2ccccc2CC1C. The highest BCUT2D eigenvalue weighted by Crippen LogP contribution is 2.43. The number of hydrogen-bond acceptors (Lipinski definition) is 1. The summed E-state index contributed by atoms with van der Waals surface area (Å²) in [7, 11) is 0. The van der Waals surface area contributed by atoms with Crippen molar-refractivity contribution in [2.45, 2.75) is 18.6 Å². The summed E-state index contributed by atoms with van der Waals surface area (Å²) in [5.74, 6) is 0.817. The monoisotopic (exact) mass is 178 g/mol. The van der Waals surface area contributed by atoms with Crippen molar-refractivity contribution in [3.63, 3.8) is 0 Å². The molecule has 1 aromatic rings. The average molecular weight is 178 g/mol.